The number of nitrogens with zero attached hydrogens (tertiary/aromatic N) is 2. The van der Waals surface area contributed by atoms with Gasteiger partial charge in [-0.15, -0.1) is 0 Å². The maximum Gasteiger partial charge on any atom is 0.226 e. The van der Waals surface area contributed by atoms with Crippen molar-refractivity contribution in [2.75, 3.05) is 0 Å². The van der Waals surface area contributed by atoms with Gasteiger partial charge in [-0.25, -0.2) is 4.98 Å². The number of hydrogen-bond acceptors (Lipinski definition) is 2. The highest BCUT2D eigenvalue weighted by molar-refractivity contribution is 5.78. The fourth-order valence-corrected chi connectivity index (χ4v) is 2.10. The number of hydrogen-bond donors (Lipinski definition) is 1. The van der Waals surface area contributed by atoms with E-state index in [-0.39, 0.29) is 5.91 Å². The Bertz CT molecular complexity index is 686. The molecule has 0 spiro atoms. The summed E-state index contributed by atoms with van der Waals surface area (Å²) in [6, 6.07) is 15.7. The van der Waals surface area contributed by atoms with Crippen LogP contribution < -0.4 is 5.32 Å². The summed E-state index contributed by atoms with van der Waals surface area (Å²) in [7, 11) is 0. The zero-order chi connectivity index (χ0) is 13.8. The highest BCUT2D eigenvalue weighted by Gasteiger charge is 2.07. The fraction of sp³-hybridized carbons (Fsp3) is 0.125. The predicted molar refractivity (Wildman–Crippen MR) is 77.2 cm³/mol. The van der Waals surface area contributed by atoms with Crippen LogP contribution in [0.15, 0.2) is 60.9 Å². The Kier molecular flexibility index (Phi) is 3.46. The van der Waals surface area contributed by atoms with Gasteiger partial charge in [0.2, 0.25) is 5.91 Å². The van der Waals surface area contributed by atoms with Gasteiger partial charge in [0.1, 0.15) is 5.65 Å². The molecule has 4 heteroatoms. The Morgan fingerprint density at radius 1 is 1.10 bits per heavy atom. The van der Waals surface area contributed by atoms with Crippen LogP contribution in [0, 0.1) is 0 Å². The van der Waals surface area contributed by atoms with Crippen molar-refractivity contribution < 1.29 is 4.79 Å². The first-order valence-corrected chi connectivity index (χ1v) is 6.54. The van der Waals surface area contributed by atoms with Crippen molar-refractivity contribution in [2.45, 2.75) is 13.0 Å². The fourth-order valence-electron chi connectivity index (χ4n) is 2.10. The third kappa shape index (κ3) is 2.85. The van der Waals surface area contributed by atoms with Crippen LogP contribution in [0.5, 0.6) is 0 Å². The van der Waals surface area contributed by atoms with Crippen molar-refractivity contribution in [3.05, 3.63) is 72.2 Å². The molecule has 0 aliphatic rings. The first kappa shape index (κ1) is 12.4. The molecule has 0 bridgehead atoms. The number of benzene rings is 1. The molecular weight excluding hydrogens is 250 g/mol. The molecule has 1 N–H and O–H groups in total. The molecule has 100 valence electrons. The largest absolute Gasteiger partial charge is 0.352 e. The number of amides is 1. The highest BCUT2D eigenvalue weighted by atomic mass is 16.1. The Morgan fingerprint density at radius 2 is 1.90 bits per heavy atom. The van der Waals surface area contributed by atoms with Crippen LogP contribution in [-0.2, 0) is 17.8 Å². The number of aromatic nitrogens is 2. The lowest BCUT2D eigenvalue weighted by atomic mass is 10.2. The molecule has 0 aliphatic heterocycles. The minimum Gasteiger partial charge on any atom is -0.352 e. The van der Waals surface area contributed by atoms with Crippen molar-refractivity contribution in [3.8, 4) is 0 Å². The van der Waals surface area contributed by atoms with Crippen molar-refractivity contribution in [2.24, 2.45) is 0 Å². The third-order valence-electron chi connectivity index (χ3n) is 3.09. The second-order valence-corrected chi connectivity index (χ2v) is 4.64. The molecular formula is C16H15N3O. The Balaban J connectivity index is 1.61. The summed E-state index contributed by atoms with van der Waals surface area (Å²) in [4.78, 5) is 16.3. The Morgan fingerprint density at radius 3 is 2.70 bits per heavy atom. The second-order valence-electron chi connectivity index (χ2n) is 4.64. The van der Waals surface area contributed by atoms with E-state index in [1.54, 1.807) is 0 Å². The van der Waals surface area contributed by atoms with Gasteiger partial charge in [0.15, 0.2) is 0 Å². The summed E-state index contributed by atoms with van der Waals surface area (Å²) >= 11 is 0. The molecule has 1 amide bonds. The zero-order valence-electron chi connectivity index (χ0n) is 11.0. The zero-order valence-corrected chi connectivity index (χ0v) is 11.0. The standard InChI is InChI=1S/C16H15N3O/c20-16(17-11-13-6-2-1-3-7-13)10-14-12-19-9-5-4-8-15(19)18-14/h1-9,12H,10-11H2,(H,17,20). The topological polar surface area (TPSA) is 46.4 Å². The van der Waals surface area contributed by atoms with E-state index in [0.717, 1.165) is 16.9 Å². The normalized spacial score (nSPS) is 10.6. The molecule has 0 radical (unpaired) electrons. The minimum atomic E-state index is -0.0164. The van der Waals surface area contributed by atoms with E-state index in [4.69, 9.17) is 0 Å². The molecule has 0 fully saturated rings. The number of pyridine rings is 1. The molecule has 2 heterocycles. The van der Waals surface area contributed by atoms with Gasteiger partial charge in [-0.2, -0.15) is 0 Å². The first-order valence-electron chi connectivity index (χ1n) is 6.54. The number of carbonyl (C=O) groups excluding carboxylic acids is 1. The molecule has 4 nitrogen and oxygen atoms in total. The summed E-state index contributed by atoms with van der Waals surface area (Å²) in [5, 5.41) is 2.90. The molecule has 20 heavy (non-hydrogen) atoms. The number of carbonyl (C=O) groups is 1. The minimum absolute atomic E-state index is 0.0164. The van der Waals surface area contributed by atoms with Gasteiger partial charge < -0.3 is 9.72 Å². The van der Waals surface area contributed by atoms with Crippen LogP contribution in [0.25, 0.3) is 5.65 Å². The number of imidazole rings is 1. The van der Waals surface area contributed by atoms with E-state index in [2.05, 4.69) is 10.3 Å². The van der Waals surface area contributed by atoms with Gasteiger partial charge in [-0.3, -0.25) is 4.79 Å². The summed E-state index contributed by atoms with van der Waals surface area (Å²) in [6.07, 6.45) is 4.11. The monoisotopic (exact) mass is 265 g/mol. The average Bonchev–Trinajstić information content (AvgIpc) is 2.88. The van der Waals surface area contributed by atoms with Crippen LogP contribution >= 0.6 is 0 Å². The van der Waals surface area contributed by atoms with E-state index in [9.17, 15) is 4.79 Å². The van der Waals surface area contributed by atoms with E-state index in [1.807, 2.05) is 65.3 Å². The molecule has 0 aliphatic carbocycles. The molecule has 0 saturated carbocycles. The van der Waals surface area contributed by atoms with Crippen molar-refractivity contribution in [1.29, 1.82) is 0 Å². The second kappa shape index (κ2) is 5.57. The van der Waals surface area contributed by atoms with E-state index in [0.29, 0.717) is 13.0 Å². The van der Waals surface area contributed by atoms with Crippen LogP contribution in [0.2, 0.25) is 0 Å². The van der Waals surface area contributed by atoms with Crippen LogP contribution in [0.1, 0.15) is 11.3 Å². The Hall–Kier alpha value is -2.62. The third-order valence-corrected chi connectivity index (χ3v) is 3.09. The summed E-state index contributed by atoms with van der Waals surface area (Å²) in [5.74, 6) is -0.0164. The van der Waals surface area contributed by atoms with Gasteiger partial charge in [-0.1, -0.05) is 36.4 Å². The number of nitrogens with one attached hydrogen (secondary N) is 1. The number of rotatable bonds is 4. The number of fused-ring (bicyclic) bond motifs is 1. The smallest absolute Gasteiger partial charge is 0.226 e. The molecule has 2 aromatic heterocycles. The van der Waals surface area contributed by atoms with Gasteiger partial charge >= 0.3 is 0 Å². The van der Waals surface area contributed by atoms with Crippen LogP contribution in [-0.4, -0.2) is 15.3 Å². The van der Waals surface area contributed by atoms with Gasteiger partial charge in [0.05, 0.1) is 12.1 Å². The lowest BCUT2D eigenvalue weighted by Gasteiger charge is -2.03. The van der Waals surface area contributed by atoms with Crippen molar-refractivity contribution in [3.63, 3.8) is 0 Å². The van der Waals surface area contributed by atoms with E-state index >= 15 is 0 Å². The maximum atomic E-state index is 11.9. The highest BCUT2D eigenvalue weighted by Crippen LogP contribution is 2.05. The van der Waals surface area contributed by atoms with Crippen LogP contribution in [0.4, 0.5) is 0 Å². The maximum absolute atomic E-state index is 11.9. The van der Waals surface area contributed by atoms with Gasteiger partial charge in [-0.05, 0) is 17.7 Å². The van der Waals surface area contributed by atoms with E-state index in [1.165, 1.54) is 0 Å². The summed E-state index contributed by atoms with van der Waals surface area (Å²) in [6.45, 7) is 0.549. The molecule has 0 unspecified atom stereocenters. The molecule has 3 rings (SSSR count). The Labute approximate surface area is 117 Å². The van der Waals surface area contributed by atoms with Gasteiger partial charge in [0, 0.05) is 18.9 Å². The molecule has 1 aromatic carbocycles. The van der Waals surface area contributed by atoms with Gasteiger partial charge in [0.25, 0.3) is 0 Å². The SMILES string of the molecule is O=C(Cc1cn2ccccc2n1)NCc1ccccc1. The lowest BCUT2D eigenvalue weighted by molar-refractivity contribution is -0.120. The van der Waals surface area contributed by atoms with Crippen LogP contribution in [0.3, 0.4) is 0 Å². The molecule has 0 saturated heterocycles. The quantitative estimate of drug-likeness (QED) is 0.786. The summed E-state index contributed by atoms with van der Waals surface area (Å²) in [5.41, 5.74) is 2.73. The van der Waals surface area contributed by atoms with Crippen molar-refractivity contribution in [1.82, 2.24) is 14.7 Å². The first-order chi connectivity index (χ1) is 9.81. The lowest BCUT2D eigenvalue weighted by Crippen LogP contribution is -2.24. The predicted octanol–water partition coefficient (Wildman–Crippen LogP) is 2.19. The summed E-state index contributed by atoms with van der Waals surface area (Å²) < 4.78 is 1.92. The van der Waals surface area contributed by atoms with E-state index < -0.39 is 0 Å². The molecule has 0 atom stereocenters. The average molecular weight is 265 g/mol. The molecule has 3 aromatic rings. The van der Waals surface area contributed by atoms with Crippen molar-refractivity contribution >= 4 is 11.6 Å².